The molecule has 0 spiro atoms. The molecule has 0 atom stereocenters. The second-order valence-electron chi connectivity index (χ2n) is 5.25. The molecule has 7 heteroatoms. The first-order valence-electron chi connectivity index (χ1n) is 7.28. The van der Waals surface area contributed by atoms with Gasteiger partial charge in [-0.15, -0.1) is 10.2 Å². The van der Waals surface area contributed by atoms with E-state index >= 15 is 0 Å². The Balaban J connectivity index is 2.14. The van der Waals surface area contributed by atoms with Gasteiger partial charge < -0.3 is 9.32 Å². The van der Waals surface area contributed by atoms with Crippen LogP contribution in [0, 0.1) is 0 Å². The quantitative estimate of drug-likeness (QED) is 0.575. The summed E-state index contributed by atoms with van der Waals surface area (Å²) in [6.07, 6.45) is 1.62. The van der Waals surface area contributed by atoms with Gasteiger partial charge in [-0.1, -0.05) is 11.6 Å². The summed E-state index contributed by atoms with van der Waals surface area (Å²) in [5, 5.41) is 10.2. The molecule has 23 heavy (non-hydrogen) atoms. The molecule has 6 nitrogen and oxygen atoms in total. The van der Waals surface area contributed by atoms with Gasteiger partial charge in [-0.2, -0.15) is 0 Å². The minimum atomic E-state index is 0.629. The maximum atomic E-state index is 6.11. The summed E-state index contributed by atoms with van der Waals surface area (Å²) in [6.45, 7) is 2.86. The van der Waals surface area contributed by atoms with Crippen LogP contribution in [0.3, 0.4) is 0 Å². The lowest BCUT2D eigenvalue weighted by Gasteiger charge is -2.18. The molecule has 0 unspecified atom stereocenters. The highest BCUT2D eigenvalue weighted by atomic mass is 35.5. The number of halogens is 1. The summed E-state index contributed by atoms with van der Waals surface area (Å²) in [7, 11) is 1.98. The number of benzene rings is 1. The van der Waals surface area contributed by atoms with Crippen LogP contribution in [-0.2, 0) is 0 Å². The van der Waals surface area contributed by atoms with Gasteiger partial charge in [0.15, 0.2) is 11.4 Å². The van der Waals surface area contributed by atoms with Gasteiger partial charge in [-0.3, -0.25) is 0 Å². The van der Waals surface area contributed by atoms with Crippen molar-refractivity contribution in [3.05, 3.63) is 41.6 Å². The van der Waals surface area contributed by atoms with Crippen molar-refractivity contribution >= 4 is 34.1 Å². The van der Waals surface area contributed by atoms with E-state index in [0.29, 0.717) is 16.6 Å². The van der Waals surface area contributed by atoms with E-state index in [1.807, 2.05) is 46.7 Å². The van der Waals surface area contributed by atoms with Crippen LogP contribution in [0.25, 0.3) is 28.1 Å². The lowest BCUT2D eigenvalue weighted by molar-refractivity contribution is 0.576. The van der Waals surface area contributed by atoms with Crippen LogP contribution < -0.4 is 4.90 Å². The second kappa shape index (κ2) is 5.24. The monoisotopic (exact) mass is 327 g/mol. The molecule has 4 aromatic rings. The van der Waals surface area contributed by atoms with E-state index in [0.717, 1.165) is 29.0 Å². The van der Waals surface area contributed by atoms with E-state index in [1.54, 1.807) is 6.26 Å². The summed E-state index contributed by atoms with van der Waals surface area (Å²) >= 11 is 6.11. The van der Waals surface area contributed by atoms with Crippen LogP contribution in [0.4, 0.5) is 5.95 Å². The summed E-state index contributed by atoms with van der Waals surface area (Å²) in [5.41, 5.74) is 1.52. The maximum Gasteiger partial charge on any atom is 0.213 e. The highest BCUT2D eigenvalue weighted by Crippen LogP contribution is 2.29. The number of nitrogens with zero attached hydrogens (tertiary/aromatic N) is 5. The third-order valence-corrected chi connectivity index (χ3v) is 4.08. The Morgan fingerprint density at radius 3 is 2.87 bits per heavy atom. The molecule has 0 amide bonds. The van der Waals surface area contributed by atoms with Gasteiger partial charge in [0.1, 0.15) is 0 Å². The minimum absolute atomic E-state index is 0.629. The van der Waals surface area contributed by atoms with Crippen LogP contribution in [0.15, 0.2) is 41.0 Å². The predicted molar refractivity (Wildman–Crippen MR) is 89.9 cm³/mol. The van der Waals surface area contributed by atoms with Gasteiger partial charge in [0.2, 0.25) is 11.8 Å². The van der Waals surface area contributed by atoms with Crippen molar-refractivity contribution in [3.8, 4) is 11.6 Å². The van der Waals surface area contributed by atoms with Gasteiger partial charge in [-0.25, -0.2) is 9.38 Å². The normalized spacial score (nSPS) is 11.4. The molecule has 0 fully saturated rings. The van der Waals surface area contributed by atoms with Gasteiger partial charge >= 0.3 is 0 Å². The van der Waals surface area contributed by atoms with Crippen molar-refractivity contribution in [2.24, 2.45) is 0 Å². The average Bonchev–Trinajstić information content (AvgIpc) is 3.21. The third-order valence-electron chi connectivity index (χ3n) is 3.84. The molecule has 0 aliphatic carbocycles. The lowest BCUT2D eigenvalue weighted by Crippen LogP contribution is -2.21. The lowest BCUT2D eigenvalue weighted by atomic mass is 10.2. The molecule has 0 bridgehead atoms. The molecule has 4 rings (SSSR count). The first-order chi connectivity index (χ1) is 11.2. The molecule has 0 N–H and O–H groups in total. The molecule has 1 aromatic carbocycles. The molecular formula is C16H14ClN5O. The van der Waals surface area contributed by atoms with E-state index in [1.165, 1.54) is 0 Å². The summed E-state index contributed by atoms with van der Waals surface area (Å²) in [6, 6.07) is 9.27. The smallest absolute Gasteiger partial charge is 0.213 e. The van der Waals surface area contributed by atoms with Crippen LogP contribution in [-0.4, -0.2) is 33.2 Å². The molecule has 3 heterocycles. The first-order valence-corrected chi connectivity index (χ1v) is 7.66. The molecule has 0 radical (unpaired) electrons. The summed E-state index contributed by atoms with van der Waals surface area (Å²) in [5.74, 6) is 2.02. The summed E-state index contributed by atoms with van der Waals surface area (Å²) < 4.78 is 7.41. The van der Waals surface area contributed by atoms with Crippen molar-refractivity contribution in [3.63, 3.8) is 0 Å². The fourth-order valence-electron chi connectivity index (χ4n) is 2.56. The number of hydrogen-bond donors (Lipinski definition) is 0. The van der Waals surface area contributed by atoms with Crippen LogP contribution in [0.1, 0.15) is 6.92 Å². The van der Waals surface area contributed by atoms with Crippen LogP contribution in [0.2, 0.25) is 5.02 Å². The van der Waals surface area contributed by atoms with Crippen molar-refractivity contribution < 1.29 is 4.42 Å². The van der Waals surface area contributed by atoms with Crippen molar-refractivity contribution in [2.45, 2.75) is 6.92 Å². The Morgan fingerprint density at radius 1 is 1.26 bits per heavy atom. The zero-order chi connectivity index (χ0) is 16.0. The Bertz CT molecular complexity index is 993. The number of hydrogen-bond acceptors (Lipinski definition) is 5. The molecular weight excluding hydrogens is 314 g/mol. The van der Waals surface area contributed by atoms with E-state index in [-0.39, 0.29) is 0 Å². The van der Waals surface area contributed by atoms with Gasteiger partial charge in [0, 0.05) is 24.0 Å². The molecule has 116 valence electrons. The first kappa shape index (κ1) is 14.0. The van der Waals surface area contributed by atoms with E-state index in [2.05, 4.69) is 17.1 Å². The molecule has 0 aliphatic heterocycles. The number of fused-ring (bicyclic) bond motifs is 3. The second-order valence-corrected chi connectivity index (χ2v) is 5.68. The standard InChI is InChI=1S/C16H14ClN5O/c1-3-21(2)16-18-12-9-10(17)6-7-11(12)14-19-20-15(22(14)16)13-5-4-8-23-13/h4-9H,3H2,1-2H3. The Kier molecular flexibility index (Phi) is 3.20. The van der Waals surface area contributed by atoms with Gasteiger partial charge in [-0.05, 0) is 37.3 Å². The van der Waals surface area contributed by atoms with Crippen LogP contribution >= 0.6 is 11.6 Å². The Hall–Kier alpha value is -2.60. The zero-order valence-corrected chi connectivity index (χ0v) is 13.4. The highest BCUT2D eigenvalue weighted by molar-refractivity contribution is 6.31. The minimum Gasteiger partial charge on any atom is -0.461 e. The van der Waals surface area contributed by atoms with E-state index in [9.17, 15) is 0 Å². The summed E-state index contributed by atoms with van der Waals surface area (Å²) in [4.78, 5) is 6.79. The van der Waals surface area contributed by atoms with Crippen molar-refractivity contribution in [1.82, 2.24) is 19.6 Å². The zero-order valence-electron chi connectivity index (χ0n) is 12.7. The van der Waals surface area contributed by atoms with E-state index < -0.39 is 0 Å². The Labute approximate surface area is 137 Å². The number of anilines is 1. The van der Waals surface area contributed by atoms with Crippen molar-refractivity contribution in [1.29, 1.82) is 0 Å². The van der Waals surface area contributed by atoms with E-state index in [4.69, 9.17) is 21.0 Å². The fraction of sp³-hybridized carbons (Fsp3) is 0.188. The molecule has 0 saturated carbocycles. The van der Waals surface area contributed by atoms with Crippen molar-refractivity contribution in [2.75, 3.05) is 18.5 Å². The number of rotatable bonds is 3. The molecule has 0 aliphatic rings. The maximum absolute atomic E-state index is 6.11. The van der Waals surface area contributed by atoms with Crippen LogP contribution in [0.5, 0.6) is 0 Å². The third kappa shape index (κ3) is 2.14. The SMILES string of the molecule is CCN(C)c1nc2cc(Cl)ccc2c2nnc(-c3ccco3)n12. The van der Waals surface area contributed by atoms with Gasteiger partial charge in [0.05, 0.1) is 11.8 Å². The van der Waals surface area contributed by atoms with Gasteiger partial charge in [0.25, 0.3) is 0 Å². The topological polar surface area (TPSA) is 59.5 Å². The predicted octanol–water partition coefficient (Wildman–Crippen LogP) is 3.65. The largest absolute Gasteiger partial charge is 0.461 e. The molecule has 3 aromatic heterocycles. The average molecular weight is 328 g/mol. The molecule has 0 saturated heterocycles. The Morgan fingerprint density at radius 2 is 2.13 bits per heavy atom. The number of aromatic nitrogens is 4. The fourth-order valence-corrected chi connectivity index (χ4v) is 2.72. The highest BCUT2D eigenvalue weighted by Gasteiger charge is 2.19. The number of furan rings is 1.